The number of aryl methyl sites for hydroxylation is 2. The summed E-state index contributed by atoms with van der Waals surface area (Å²) in [5.74, 6) is -0.743. The number of benzene rings is 3. The fourth-order valence-electron chi connectivity index (χ4n) is 3.48. The van der Waals surface area contributed by atoms with Crippen molar-refractivity contribution in [2.24, 2.45) is 0 Å². The van der Waals surface area contributed by atoms with E-state index < -0.39 is 18.0 Å². The zero-order valence-electron chi connectivity index (χ0n) is 21.6. The Bertz CT molecular complexity index is 1180. The molecule has 0 spiro atoms. The number of carbonyl (C=O) groups excluding carboxylic acids is 2. The van der Waals surface area contributed by atoms with Gasteiger partial charge in [-0.3, -0.25) is 9.59 Å². The molecule has 1 atom stereocenters. The van der Waals surface area contributed by atoms with Gasteiger partial charge in [-0.1, -0.05) is 65.7 Å². The van der Waals surface area contributed by atoms with Gasteiger partial charge in [0.2, 0.25) is 0 Å². The van der Waals surface area contributed by atoms with E-state index in [9.17, 15) is 14.7 Å². The van der Waals surface area contributed by atoms with Crippen LogP contribution in [0.15, 0.2) is 66.7 Å². The molecule has 1 unspecified atom stereocenters. The molecule has 190 valence electrons. The third kappa shape index (κ3) is 8.63. The number of nitrogens with one attached hydrogen (secondary N) is 1. The Morgan fingerprint density at radius 3 is 1.72 bits per heavy atom. The number of ether oxygens (including phenoxy) is 2. The fourth-order valence-corrected chi connectivity index (χ4v) is 3.48. The molecule has 0 radical (unpaired) electrons. The lowest BCUT2D eigenvalue weighted by Crippen LogP contribution is -2.38. The van der Waals surface area contributed by atoms with E-state index in [2.05, 4.69) is 5.32 Å². The van der Waals surface area contributed by atoms with Crippen molar-refractivity contribution in [1.29, 1.82) is 0 Å². The molecule has 0 aliphatic carbocycles. The Hall–Kier alpha value is -3.48. The summed E-state index contributed by atoms with van der Waals surface area (Å²) in [6, 6.07) is 20.0. The number of aliphatic hydroxyl groups excluding tert-OH is 1. The number of aliphatic hydroxyl groups is 1. The summed E-state index contributed by atoms with van der Waals surface area (Å²) in [5, 5.41) is 13.9. The zero-order chi connectivity index (χ0) is 26.3. The fraction of sp³-hybridized carbons (Fsp3) is 0.333. The van der Waals surface area contributed by atoms with Crippen LogP contribution in [-0.2, 0) is 22.4 Å². The largest absolute Gasteiger partial charge is 0.422 e. The van der Waals surface area contributed by atoms with Crippen LogP contribution in [0.4, 0.5) is 0 Å². The zero-order valence-corrected chi connectivity index (χ0v) is 21.6. The monoisotopic (exact) mass is 489 g/mol. The van der Waals surface area contributed by atoms with Gasteiger partial charge in [-0.15, -0.1) is 0 Å². The van der Waals surface area contributed by atoms with Crippen molar-refractivity contribution in [3.63, 3.8) is 0 Å². The maximum atomic E-state index is 12.7. The molecule has 3 aromatic carbocycles. The molecule has 6 heteroatoms. The van der Waals surface area contributed by atoms with Crippen LogP contribution in [0.5, 0.6) is 11.5 Å². The minimum absolute atomic E-state index is 0.0649. The van der Waals surface area contributed by atoms with Gasteiger partial charge in [-0.05, 0) is 63.4 Å². The molecular formula is C30H35NO5. The van der Waals surface area contributed by atoms with Crippen molar-refractivity contribution in [2.45, 2.75) is 59.1 Å². The Labute approximate surface area is 213 Å². The Kier molecular flexibility index (Phi) is 9.02. The Morgan fingerprint density at radius 2 is 1.25 bits per heavy atom. The summed E-state index contributed by atoms with van der Waals surface area (Å²) in [7, 11) is 0. The van der Waals surface area contributed by atoms with Gasteiger partial charge in [0.05, 0.1) is 18.9 Å². The van der Waals surface area contributed by atoms with E-state index >= 15 is 0 Å². The second kappa shape index (κ2) is 12.0. The van der Waals surface area contributed by atoms with E-state index in [1.54, 1.807) is 18.2 Å². The maximum absolute atomic E-state index is 12.7. The molecule has 0 saturated carbocycles. The van der Waals surface area contributed by atoms with E-state index in [1.807, 2.05) is 83.1 Å². The topological polar surface area (TPSA) is 84.9 Å². The molecule has 0 fully saturated rings. The standard InChI is InChI=1S/C30H35NO5/c1-20-6-10-22(11-7-20)16-28(33)35-26-15-14-24(25(32)19-31-30(3,4)5)18-27(26)36-29(34)17-23-12-8-21(2)9-13-23/h6-15,18,25,31-32H,16-17,19H2,1-5H3. The summed E-state index contributed by atoms with van der Waals surface area (Å²) in [6.45, 7) is 10.3. The maximum Gasteiger partial charge on any atom is 0.315 e. The average molecular weight is 490 g/mol. The first-order valence-electron chi connectivity index (χ1n) is 12.1. The van der Waals surface area contributed by atoms with Crippen molar-refractivity contribution in [2.75, 3.05) is 6.54 Å². The summed E-state index contributed by atoms with van der Waals surface area (Å²) in [5.41, 5.74) is 4.21. The van der Waals surface area contributed by atoms with Gasteiger partial charge in [0.15, 0.2) is 11.5 Å². The normalized spacial score (nSPS) is 12.2. The number of esters is 2. The lowest BCUT2D eigenvalue weighted by atomic mass is 10.1. The number of hydrogen-bond donors (Lipinski definition) is 2. The molecule has 36 heavy (non-hydrogen) atoms. The summed E-state index contributed by atoms with van der Waals surface area (Å²) in [4.78, 5) is 25.4. The highest BCUT2D eigenvalue weighted by atomic mass is 16.6. The average Bonchev–Trinajstić information content (AvgIpc) is 2.81. The van der Waals surface area contributed by atoms with Crippen molar-refractivity contribution in [3.8, 4) is 11.5 Å². The molecule has 0 bridgehead atoms. The van der Waals surface area contributed by atoms with E-state index in [1.165, 1.54) is 0 Å². The Morgan fingerprint density at radius 1 is 0.778 bits per heavy atom. The van der Waals surface area contributed by atoms with Crippen LogP contribution in [0.25, 0.3) is 0 Å². The van der Waals surface area contributed by atoms with Crippen molar-refractivity contribution in [1.82, 2.24) is 5.32 Å². The molecule has 0 aliphatic heterocycles. The van der Waals surface area contributed by atoms with E-state index in [4.69, 9.17) is 9.47 Å². The lowest BCUT2D eigenvalue weighted by molar-refractivity contribution is -0.136. The lowest BCUT2D eigenvalue weighted by Gasteiger charge is -2.23. The smallest absolute Gasteiger partial charge is 0.315 e. The van der Waals surface area contributed by atoms with Gasteiger partial charge in [-0.2, -0.15) is 0 Å². The molecule has 0 amide bonds. The van der Waals surface area contributed by atoms with Crippen LogP contribution in [0.1, 0.15) is 54.7 Å². The number of rotatable bonds is 9. The first-order chi connectivity index (χ1) is 17.0. The van der Waals surface area contributed by atoms with Crippen LogP contribution in [0.3, 0.4) is 0 Å². The van der Waals surface area contributed by atoms with E-state index in [-0.39, 0.29) is 29.9 Å². The third-order valence-corrected chi connectivity index (χ3v) is 5.56. The number of β-amino-alcohol motifs (C(OH)–C–C–N with tert-alkyl or cyclic N) is 1. The SMILES string of the molecule is Cc1ccc(CC(=O)Oc2ccc(C(O)CNC(C)(C)C)cc2OC(=O)Cc2ccc(C)cc2)cc1. The van der Waals surface area contributed by atoms with Gasteiger partial charge in [0.25, 0.3) is 0 Å². The highest BCUT2D eigenvalue weighted by molar-refractivity contribution is 5.78. The summed E-state index contributed by atoms with van der Waals surface area (Å²) >= 11 is 0. The van der Waals surface area contributed by atoms with Crippen molar-refractivity contribution >= 4 is 11.9 Å². The summed E-state index contributed by atoms with van der Waals surface area (Å²) in [6.07, 6.45) is -0.692. The molecule has 0 aliphatic rings. The second-order valence-electron chi connectivity index (χ2n) is 10.1. The molecule has 0 heterocycles. The molecule has 3 rings (SSSR count). The Balaban J connectivity index is 1.78. The van der Waals surface area contributed by atoms with Gasteiger partial charge < -0.3 is 19.9 Å². The molecule has 0 aromatic heterocycles. The minimum atomic E-state index is -0.837. The van der Waals surface area contributed by atoms with E-state index in [0.717, 1.165) is 22.3 Å². The minimum Gasteiger partial charge on any atom is -0.422 e. The molecule has 0 saturated heterocycles. The van der Waals surface area contributed by atoms with Crippen LogP contribution in [-0.4, -0.2) is 29.1 Å². The number of carbonyl (C=O) groups is 2. The van der Waals surface area contributed by atoms with Gasteiger partial charge in [0.1, 0.15) is 0 Å². The predicted molar refractivity (Wildman–Crippen MR) is 140 cm³/mol. The first-order valence-corrected chi connectivity index (χ1v) is 12.1. The molecule has 6 nitrogen and oxygen atoms in total. The first kappa shape index (κ1) is 27.1. The van der Waals surface area contributed by atoms with E-state index in [0.29, 0.717) is 12.1 Å². The highest BCUT2D eigenvalue weighted by Gasteiger charge is 2.19. The van der Waals surface area contributed by atoms with Crippen LogP contribution in [0, 0.1) is 13.8 Å². The van der Waals surface area contributed by atoms with Crippen LogP contribution < -0.4 is 14.8 Å². The summed E-state index contributed by atoms with van der Waals surface area (Å²) < 4.78 is 11.2. The third-order valence-electron chi connectivity index (χ3n) is 5.56. The van der Waals surface area contributed by atoms with Crippen molar-refractivity contribution < 1.29 is 24.2 Å². The van der Waals surface area contributed by atoms with Crippen LogP contribution in [0.2, 0.25) is 0 Å². The number of hydrogen-bond acceptors (Lipinski definition) is 6. The molecule has 3 aromatic rings. The van der Waals surface area contributed by atoms with Crippen molar-refractivity contribution in [3.05, 3.63) is 94.5 Å². The second-order valence-corrected chi connectivity index (χ2v) is 10.1. The van der Waals surface area contributed by atoms with Gasteiger partial charge >= 0.3 is 11.9 Å². The predicted octanol–water partition coefficient (Wildman–Crippen LogP) is 5.02. The highest BCUT2D eigenvalue weighted by Crippen LogP contribution is 2.31. The van der Waals surface area contributed by atoms with Crippen LogP contribution >= 0.6 is 0 Å². The molecule has 2 N–H and O–H groups in total. The quantitative estimate of drug-likeness (QED) is 0.324. The molecular weight excluding hydrogens is 454 g/mol. The van der Waals surface area contributed by atoms with Gasteiger partial charge in [0, 0.05) is 12.1 Å². The van der Waals surface area contributed by atoms with Gasteiger partial charge in [-0.25, -0.2) is 0 Å².